The third-order valence-corrected chi connectivity index (χ3v) is 2.79. The molecule has 1 aromatic rings. The van der Waals surface area contributed by atoms with E-state index in [2.05, 4.69) is 10.1 Å². The minimum atomic E-state index is -0.352. The molecule has 0 radical (unpaired) electrons. The maximum atomic E-state index is 11.6. The molecule has 0 saturated carbocycles. The average Bonchev–Trinajstić information content (AvgIpc) is 2.44. The standard InChI is InChI=1S/C15H22N2O3/c1-4-8-16-14(18)11-17(2)10-12-6-5-7-13(9-12)15(19)20-3/h5-7,9H,4,8,10-11H2,1-3H3,(H,16,18). The van der Waals surface area contributed by atoms with Crippen molar-refractivity contribution in [2.24, 2.45) is 0 Å². The van der Waals surface area contributed by atoms with Crippen LogP contribution < -0.4 is 5.32 Å². The Balaban J connectivity index is 2.55. The van der Waals surface area contributed by atoms with Gasteiger partial charge >= 0.3 is 5.97 Å². The van der Waals surface area contributed by atoms with Crippen LogP contribution >= 0.6 is 0 Å². The second-order valence-electron chi connectivity index (χ2n) is 4.71. The van der Waals surface area contributed by atoms with E-state index in [1.165, 1.54) is 7.11 Å². The molecule has 0 heterocycles. The predicted octanol–water partition coefficient (Wildman–Crippen LogP) is 1.43. The van der Waals surface area contributed by atoms with Crippen LogP contribution in [0.15, 0.2) is 24.3 Å². The Morgan fingerprint density at radius 3 is 2.75 bits per heavy atom. The lowest BCUT2D eigenvalue weighted by molar-refractivity contribution is -0.122. The molecule has 1 aromatic carbocycles. The van der Waals surface area contributed by atoms with Crippen LogP contribution in [0.25, 0.3) is 0 Å². The molecule has 0 unspecified atom stereocenters. The summed E-state index contributed by atoms with van der Waals surface area (Å²) in [6.07, 6.45) is 0.927. The summed E-state index contributed by atoms with van der Waals surface area (Å²) in [5.41, 5.74) is 1.49. The molecule has 0 atom stereocenters. The van der Waals surface area contributed by atoms with Gasteiger partial charge in [-0.05, 0) is 31.2 Å². The highest BCUT2D eigenvalue weighted by atomic mass is 16.5. The second kappa shape index (κ2) is 8.32. The molecule has 0 fully saturated rings. The van der Waals surface area contributed by atoms with Crippen LogP contribution in [0.1, 0.15) is 29.3 Å². The minimum Gasteiger partial charge on any atom is -0.465 e. The fourth-order valence-corrected chi connectivity index (χ4v) is 1.85. The molecule has 1 rings (SSSR count). The molecule has 5 nitrogen and oxygen atoms in total. The number of nitrogens with zero attached hydrogens (tertiary/aromatic N) is 1. The van der Waals surface area contributed by atoms with Crippen LogP contribution in [0.5, 0.6) is 0 Å². The Kier molecular flexibility index (Phi) is 6.73. The van der Waals surface area contributed by atoms with Crippen molar-refractivity contribution in [3.8, 4) is 0 Å². The normalized spacial score (nSPS) is 10.4. The molecule has 5 heteroatoms. The topological polar surface area (TPSA) is 58.6 Å². The lowest BCUT2D eigenvalue weighted by atomic mass is 10.1. The van der Waals surface area contributed by atoms with Crippen LogP contribution in [0, 0.1) is 0 Å². The monoisotopic (exact) mass is 278 g/mol. The molecular formula is C15H22N2O3. The van der Waals surface area contributed by atoms with Crippen molar-refractivity contribution in [3.05, 3.63) is 35.4 Å². The van der Waals surface area contributed by atoms with E-state index in [4.69, 9.17) is 0 Å². The summed E-state index contributed by atoms with van der Waals surface area (Å²) in [6, 6.07) is 7.23. The smallest absolute Gasteiger partial charge is 0.337 e. The van der Waals surface area contributed by atoms with Gasteiger partial charge in [-0.2, -0.15) is 0 Å². The van der Waals surface area contributed by atoms with E-state index >= 15 is 0 Å². The number of rotatable bonds is 7. The van der Waals surface area contributed by atoms with E-state index in [0.717, 1.165) is 12.0 Å². The Morgan fingerprint density at radius 1 is 1.35 bits per heavy atom. The summed E-state index contributed by atoms with van der Waals surface area (Å²) in [5, 5.41) is 2.83. The molecule has 1 amide bonds. The minimum absolute atomic E-state index is 0.0125. The van der Waals surface area contributed by atoms with Crippen molar-refractivity contribution < 1.29 is 14.3 Å². The van der Waals surface area contributed by atoms with Gasteiger partial charge in [0.2, 0.25) is 5.91 Å². The number of carbonyl (C=O) groups is 2. The molecular weight excluding hydrogens is 256 g/mol. The van der Waals surface area contributed by atoms with E-state index in [9.17, 15) is 9.59 Å². The Bertz CT molecular complexity index is 460. The van der Waals surface area contributed by atoms with Crippen LogP contribution in [-0.2, 0) is 16.1 Å². The number of esters is 1. The molecule has 1 N–H and O–H groups in total. The maximum Gasteiger partial charge on any atom is 0.337 e. The summed E-state index contributed by atoms with van der Waals surface area (Å²) in [5.74, 6) is -0.339. The molecule has 0 bridgehead atoms. The lowest BCUT2D eigenvalue weighted by Gasteiger charge is -2.16. The molecule has 110 valence electrons. The van der Waals surface area contributed by atoms with E-state index in [0.29, 0.717) is 25.2 Å². The third kappa shape index (κ3) is 5.40. The molecule has 0 aromatic heterocycles. The van der Waals surface area contributed by atoms with Crippen molar-refractivity contribution >= 4 is 11.9 Å². The Labute approximate surface area is 119 Å². The SMILES string of the molecule is CCCNC(=O)CN(C)Cc1cccc(C(=O)OC)c1. The first-order chi connectivity index (χ1) is 9.56. The van der Waals surface area contributed by atoms with Crippen LogP contribution in [-0.4, -0.2) is 44.0 Å². The number of carbonyl (C=O) groups excluding carboxylic acids is 2. The number of hydrogen-bond acceptors (Lipinski definition) is 4. The molecule has 0 saturated heterocycles. The quantitative estimate of drug-likeness (QED) is 0.767. The van der Waals surface area contributed by atoms with Gasteiger partial charge in [-0.3, -0.25) is 9.69 Å². The molecule has 0 aliphatic heterocycles. The number of methoxy groups -OCH3 is 1. The van der Waals surface area contributed by atoms with E-state index in [1.807, 2.05) is 31.0 Å². The highest BCUT2D eigenvalue weighted by molar-refractivity contribution is 5.89. The zero-order valence-corrected chi connectivity index (χ0v) is 12.3. The third-order valence-electron chi connectivity index (χ3n) is 2.79. The summed E-state index contributed by atoms with van der Waals surface area (Å²) in [7, 11) is 3.23. The summed E-state index contributed by atoms with van der Waals surface area (Å²) in [4.78, 5) is 24.9. The number of hydrogen-bond donors (Lipinski definition) is 1. The highest BCUT2D eigenvalue weighted by Gasteiger charge is 2.09. The van der Waals surface area contributed by atoms with E-state index in [1.54, 1.807) is 12.1 Å². The fraction of sp³-hybridized carbons (Fsp3) is 0.467. The largest absolute Gasteiger partial charge is 0.465 e. The van der Waals surface area contributed by atoms with Gasteiger partial charge in [0, 0.05) is 13.1 Å². The van der Waals surface area contributed by atoms with Crippen LogP contribution in [0.2, 0.25) is 0 Å². The van der Waals surface area contributed by atoms with Gasteiger partial charge in [0.1, 0.15) is 0 Å². The van der Waals surface area contributed by atoms with Crippen molar-refractivity contribution in [2.45, 2.75) is 19.9 Å². The lowest BCUT2D eigenvalue weighted by Crippen LogP contribution is -2.35. The molecule has 0 aliphatic carbocycles. The van der Waals surface area contributed by atoms with Crippen molar-refractivity contribution in [1.82, 2.24) is 10.2 Å². The maximum absolute atomic E-state index is 11.6. The van der Waals surface area contributed by atoms with Crippen molar-refractivity contribution in [3.63, 3.8) is 0 Å². The van der Waals surface area contributed by atoms with Gasteiger partial charge in [0.15, 0.2) is 0 Å². The van der Waals surface area contributed by atoms with Gasteiger partial charge in [-0.15, -0.1) is 0 Å². The summed E-state index contributed by atoms with van der Waals surface area (Å²) >= 11 is 0. The first-order valence-electron chi connectivity index (χ1n) is 6.69. The first-order valence-corrected chi connectivity index (χ1v) is 6.69. The van der Waals surface area contributed by atoms with Crippen molar-refractivity contribution in [1.29, 1.82) is 0 Å². The van der Waals surface area contributed by atoms with Gasteiger partial charge in [-0.1, -0.05) is 19.1 Å². The second-order valence-corrected chi connectivity index (χ2v) is 4.71. The van der Waals surface area contributed by atoms with E-state index < -0.39 is 0 Å². The highest BCUT2D eigenvalue weighted by Crippen LogP contribution is 2.08. The Hall–Kier alpha value is -1.88. The summed E-state index contributed by atoms with van der Waals surface area (Å²) in [6.45, 7) is 3.65. The number of nitrogens with one attached hydrogen (secondary N) is 1. The molecule has 0 spiro atoms. The Morgan fingerprint density at radius 2 is 2.10 bits per heavy atom. The number of likely N-dealkylation sites (N-methyl/N-ethyl adjacent to an activating group) is 1. The number of amides is 1. The molecule has 0 aliphatic rings. The predicted molar refractivity (Wildman–Crippen MR) is 77.4 cm³/mol. The van der Waals surface area contributed by atoms with Crippen LogP contribution in [0.3, 0.4) is 0 Å². The van der Waals surface area contributed by atoms with Crippen molar-refractivity contribution in [2.75, 3.05) is 27.2 Å². The molecule has 20 heavy (non-hydrogen) atoms. The first kappa shape index (κ1) is 16.2. The fourth-order valence-electron chi connectivity index (χ4n) is 1.85. The van der Waals surface area contributed by atoms with Gasteiger partial charge < -0.3 is 10.1 Å². The van der Waals surface area contributed by atoms with Gasteiger partial charge in [0.05, 0.1) is 19.2 Å². The van der Waals surface area contributed by atoms with Crippen LogP contribution in [0.4, 0.5) is 0 Å². The van der Waals surface area contributed by atoms with E-state index in [-0.39, 0.29) is 11.9 Å². The number of ether oxygens (including phenoxy) is 1. The summed E-state index contributed by atoms with van der Waals surface area (Å²) < 4.78 is 4.69. The average molecular weight is 278 g/mol. The zero-order valence-electron chi connectivity index (χ0n) is 12.3. The van der Waals surface area contributed by atoms with Gasteiger partial charge in [0.25, 0.3) is 0 Å². The zero-order chi connectivity index (χ0) is 15.0. The van der Waals surface area contributed by atoms with Gasteiger partial charge in [-0.25, -0.2) is 4.79 Å². The number of benzene rings is 1.